The minimum Gasteiger partial charge on any atom is -0.508 e. The highest BCUT2D eigenvalue weighted by Gasteiger charge is 2.30. The van der Waals surface area contributed by atoms with Gasteiger partial charge in [-0.2, -0.15) is 0 Å². The summed E-state index contributed by atoms with van der Waals surface area (Å²) in [6.45, 7) is 4.47. The lowest BCUT2D eigenvalue weighted by molar-refractivity contribution is 0.294. The normalized spacial score (nSPS) is 19.5. The van der Waals surface area contributed by atoms with Crippen molar-refractivity contribution >= 4 is 0 Å². The first-order valence-corrected chi connectivity index (χ1v) is 6.26. The molecule has 2 nitrogen and oxygen atoms in total. The van der Waals surface area contributed by atoms with Crippen LogP contribution in [0.4, 0.5) is 0 Å². The zero-order valence-electron chi connectivity index (χ0n) is 11.2. The average molecular weight is 244 g/mol. The largest absolute Gasteiger partial charge is 0.508 e. The Morgan fingerprint density at radius 1 is 1.22 bits per heavy atom. The number of hydrogen-bond donors (Lipinski definition) is 1. The summed E-state index contributed by atoms with van der Waals surface area (Å²) in [6, 6.07) is 7.50. The molecule has 1 atom stereocenters. The number of rotatable bonds is 3. The molecule has 1 aliphatic rings. The van der Waals surface area contributed by atoms with Gasteiger partial charge in [0.15, 0.2) is 0 Å². The quantitative estimate of drug-likeness (QED) is 0.877. The lowest BCUT2D eigenvalue weighted by atomic mass is 9.71. The van der Waals surface area contributed by atoms with Crippen LogP contribution >= 0.6 is 0 Å². The van der Waals surface area contributed by atoms with E-state index in [0.717, 1.165) is 12.2 Å². The second kappa shape index (κ2) is 4.89. The van der Waals surface area contributed by atoms with Gasteiger partial charge in [-0.1, -0.05) is 32.1 Å². The summed E-state index contributed by atoms with van der Waals surface area (Å²) < 4.78 is 5.21. The van der Waals surface area contributed by atoms with Gasteiger partial charge in [0.2, 0.25) is 0 Å². The van der Waals surface area contributed by atoms with Crippen molar-refractivity contribution in [2.45, 2.75) is 25.7 Å². The maximum atomic E-state index is 9.36. The first-order valence-electron chi connectivity index (χ1n) is 6.26. The van der Waals surface area contributed by atoms with Crippen LogP contribution in [0.5, 0.6) is 5.75 Å². The van der Waals surface area contributed by atoms with E-state index in [0.29, 0.717) is 11.7 Å². The smallest absolute Gasteiger partial charge is 0.115 e. The summed E-state index contributed by atoms with van der Waals surface area (Å²) in [6.07, 6.45) is 7.36. The zero-order chi connectivity index (χ0) is 13.2. The van der Waals surface area contributed by atoms with Crippen LogP contribution in [0.3, 0.4) is 0 Å². The van der Waals surface area contributed by atoms with Crippen LogP contribution in [0.2, 0.25) is 0 Å². The molecule has 0 aromatic heterocycles. The van der Waals surface area contributed by atoms with E-state index >= 15 is 0 Å². The molecular weight excluding hydrogens is 224 g/mol. The van der Waals surface area contributed by atoms with E-state index < -0.39 is 0 Å². The summed E-state index contributed by atoms with van der Waals surface area (Å²) in [4.78, 5) is 0. The van der Waals surface area contributed by atoms with E-state index in [1.54, 1.807) is 19.2 Å². The second-order valence-electron chi connectivity index (χ2n) is 5.28. The van der Waals surface area contributed by atoms with Gasteiger partial charge in [0.05, 0.1) is 7.11 Å². The molecule has 0 aliphatic heterocycles. The molecule has 0 heterocycles. The van der Waals surface area contributed by atoms with Crippen molar-refractivity contribution < 1.29 is 9.84 Å². The Morgan fingerprint density at radius 3 is 2.39 bits per heavy atom. The molecular formula is C16H20O2. The number of ether oxygens (including phenoxy) is 1. The fourth-order valence-corrected chi connectivity index (χ4v) is 2.39. The topological polar surface area (TPSA) is 29.5 Å². The van der Waals surface area contributed by atoms with Crippen LogP contribution in [-0.4, -0.2) is 12.2 Å². The third kappa shape index (κ3) is 2.42. The highest BCUT2D eigenvalue weighted by Crippen LogP contribution is 2.37. The molecule has 0 spiro atoms. The second-order valence-corrected chi connectivity index (χ2v) is 5.28. The predicted molar refractivity (Wildman–Crippen MR) is 73.5 cm³/mol. The summed E-state index contributed by atoms with van der Waals surface area (Å²) in [7, 11) is 1.70. The number of allylic oxidation sites excluding steroid dienone is 3. The van der Waals surface area contributed by atoms with Crippen LogP contribution in [0.1, 0.15) is 25.8 Å². The predicted octanol–water partition coefficient (Wildman–Crippen LogP) is 3.78. The number of phenolic OH excluding ortho intramolecular Hbond substituents is 1. The Labute approximate surface area is 109 Å². The summed E-state index contributed by atoms with van der Waals surface area (Å²) in [5.41, 5.74) is 1.28. The van der Waals surface area contributed by atoms with Gasteiger partial charge in [-0.25, -0.2) is 0 Å². The van der Waals surface area contributed by atoms with Gasteiger partial charge in [0.25, 0.3) is 0 Å². The zero-order valence-corrected chi connectivity index (χ0v) is 11.2. The van der Waals surface area contributed by atoms with Crippen LogP contribution in [-0.2, 0) is 10.2 Å². The highest BCUT2D eigenvalue weighted by molar-refractivity contribution is 5.33. The fourth-order valence-electron chi connectivity index (χ4n) is 2.39. The number of phenols is 1. The summed E-state index contributed by atoms with van der Waals surface area (Å²) >= 11 is 0. The van der Waals surface area contributed by atoms with E-state index in [-0.39, 0.29) is 5.41 Å². The van der Waals surface area contributed by atoms with Gasteiger partial charge in [0.1, 0.15) is 11.5 Å². The lowest BCUT2D eigenvalue weighted by Gasteiger charge is -2.34. The molecule has 0 bridgehead atoms. The standard InChI is InChI=1S/C16H20O2/c1-16(2,12-4-8-14(17)9-5-12)13-6-10-15(18-3)11-7-13/h4-6,8-11,13,17H,7H2,1-3H3. The Bertz CT molecular complexity index is 466. The first-order chi connectivity index (χ1) is 8.54. The molecule has 0 saturated heterocycles. The van der Waals surface area contributed by atoms with Crippen LogP contribution in [0, 0.1) is 5.92 Å². The maximum Gasteiger partial charge on any atom is 0.115 e. The van der Waals surface area contributed by atoms with Gasteiger partial charge in [-0.05, 0) is 47.6 Å². The van der Waals surface area contributed by atoms with Crippen molar-refractivity contribution in [2.24, 2.45) is 5.92 Å². The maximum absolute atomic E-state index is 9.36. The molecule has 0 fully saturated rings. The minimum absolute atomic E-state index is 0.0416. The summed E-state index contributed by atoms with van der Waals surface area (Å²) in [5.74, 6) is 1.70. The Hall–Kier alpha value is -1.70. The lowest BCUT2D eigenvalue weighted by Crippen LogP contribution is -2.28. The van der Waals surface area contributed by atoms with E-state index in [2.05, 4.69) is 26.0 Å². The molecule has 2 rings (SSSR count). The molecule has 2 heteroatoms. The highest BCUT2D eigenvalue weighted by atomic mass is 16.5. The number of benzene rings is 1. The SMILES string of the molecule is COC1=CCC(C(C)(C)c2ccc(O)cc2)C=C1. The Kier molecular flexibility index (Phi) is 3.46. The molecule has 1 aromatic carbocycles. The number of hydrogen-bond acceptors (Lipinski definition) is 2. The van der Waals surface area contributed by atoms with Crippen molar-refractivity contribution in [3.05, 3.63) is 53.8 Å². The van der Waals surface area contributed by atoms with Crippen LogP contribution in [0.15, 0.2) is 48.3 Å². The van der Waals surface area contributed by atoms with E-state index in [4.69, 9.17) is 4.74 Å². The van der Waals surface area contributed by atoms with E-state index in [1.807, 2.05) is 18.2 Å². The third-order valence-electron chi connectivity index (χ3n) is 3.84. The molecule has 96 valence electrons. The molecule has 18 heavy (non-hydrogen) atoms. The summed E-state index contributed by atoms with van der Waals surface area (Å²) in [5, 5.41) is 9.36. The molecule has 1 aliphatic carbocycles. The number of methoxy groups -OCH3 is 1. The minimum atomic E-state index is 0.0416. The molecule has 0 radical (unpaired) electrons. The van der Waals surface area contributed by atoms with Crippen molar-refractivity contribution in [3.8, 4) is 5.75 Å². The molecule has 1 N–H and O–H groups in total. The van der Waals surface area contributed by atoms with Crippen molar-refractivity contribution in [1.82, 2.24) is 0 Å². The first kappa shape index (κ1) is 12.7. The van der Waals surface area contributed by atoms with Crippen molar-refractivity contribution in [2.75, 3.05) is 7.11 Å². The van der Waals surface area contributed by atoms with Crippen LogP contribution < -0.4 is 0 Å². The van der Waals surface area contributed by atoms with Crippen LogP contribution in [0.25, 0.3) is 0 Å². The van der Waals surface area contributed by atoms with E-state index in [1.165, 1.54) is 5.56 Å². The molecule has 1 unspecified atom stereocenters. The monoisotopic (exact) mass is 244 g/mol. The van der Waals surface area contributed by atoms with Gasteiger partial charge in [-0.15, -0.1) is 0 Å². The molecule has 0 saturated carbocycles. The average Bonchev–Trinajstić information content (AvgIpc) is 2.39. The third-order valence-corrected chi connectivity index (χ3v) is 3.84. The van der Waals surface area contributed by atoms with Gasteiger partial charge < -0.3 is 9.84 Å². The molecule has 1 aromatic rings. The van der Waals surface area contributed by atoms with Gasteiger partial charge >= 0.3 is 0 Å². The fraction of sp³-hybridized carbons (Fsp3) is 0.375. The van der Waals surface area contributed by atoms with Gasteiger partial charge in [0, 0.05) is 0 Å². The van der Waals surface area contributed by atoms with Crippen molar-refractivity contribution in [3.63, 3.8) is 0 Å². The number of aromatic hydroxyl groups is 1. The van der Waals surface area contributed by atoms with E-state index in [9.17, 15) is 5.11 Å². The Morgan fingerprint density at radius 2 is 1.89 bits per heavy atom. The van der Waals surface area contributed by atoms with Gasteiger partial charge in [-0.3, -0.25) is 0 Å². The Balaban J connectivity index is 2.20. The van der Waals surface area contributed by atoms with Crippen molar-refractivity contribution in [1.29, 1.82) is 0 Å². The molecule has 0 amide bonds.